The Bertz CT molecular complexity index is 651. The zero-order chi connectivity index (χ0) is 15.4. The first-order chi connectivity index (χ1) is 9.97. The Morgan fingerprint density at radius 2 is 1.86 bits per heavy atom. The first-order valence-electron chi connectivity index (χ1n) is 6.42. The second-order valence-corrected chi connectivity index (χ2v) is 4.55. The molecule has 0 spiro atoms. The molecular formula is C16H16O5. The van der Waals surface area contributed by atoms with Crippen LogP contribution in [0.25, 0.3) is 0 Å². The Labute approximate surface area is 122 Å². The van der Waals surface area contributed by atoms with Gasteiger partial charge in [0, 0.05) is 13.0 Å². The topological polar surface area (TPSA) is 76.0 Å². The van der Waals surface area contributed by atoms with Crippen molar-refractivity contribution in [3.05, 3.63) is 53.6 Å². The van der Waals surface area contributed by atoms with Gasteiger partial charge >= 0.3 is 5.97 Å². The summed E-state index contributed by atoms with van der Waals surface area (Å²) >= 11 is 0. The van der Waals surface area contributed by atoms with E-state index in [-0.39, 0.29) is 11.3 Å². The summed E-state index contributed by atoms with van der Waals surface area (Å²) in [6, 6.07) is 11.5. The van der Waals surface area contributed by atoms with Gasteiger partial charge in [0.2, 0.25) is 6.29 Å². The lowest BCUT2D eigenvalue weighted by molar-refractivity contribution is 0.0216. The van der Waals surface area contributed by atoms with Crippen molar-refractivity contribution in [2.75, 3.05) is 0 Å². The highest BCUT2D eigenvalue weighted by Gasteiger charge is 2.12. The summed E-state index contributed by atoms with van der Waals surface area (Å²) in [6.07, 6.45) is -0.582. The van der Waals surface area contributed by atoms with E-state index in [1.54, 1.807) is 6.92 Å². The van der Waals surface area contributed by atoms with Gasteiger partial charge in [-0.15, -0.1) is 0 Å². The number of rotatable bonds is 5. The third kappa shape index (κ3) is 3.66. The molecule has 0 saturated carbocycles. The molecule has 0 fully saturated rings. The lowest BCUT2D eigenvalue weighted by Crippen LogP contribution is -2.20. The number of benzene rings is 2. The Morgan fingerprint density at radius 3 is 2.48 bits per heavy atom. The van der Waals surface area contributed by atoms with Crippen molar-refractivity contribution >= 4 is 5.97 Å². The highest BCUT2D eigenvalue weighted by molar-refractivity contribution is 5.90. The molecule has 5 nitrogen and oxygen atoms in total. The quantitative estimate of drug-likeness (QED) is 0.826. The smallest absolute Gasteiger partial charge is 0.339 e. The number of phenols is 1. The van der Waals surface area contributed by atoms with E-state index in [1.165, 1.54) is 18.2 Å². The molecule has 1 atom stereocenters. The van der Waals surface area contributed by atoms with Gasteiger partial charge in [-0.25, -0.2) is 4.79 Å². The number of aryl methyl sites for hydroxylation is 1. The lowest BCUT2D eigenvalue weighted by Gasteiger charge is -2.18. The molecule has 110 valence electrons. The fourth-order valence-electron chi connectivity index (χ4n) is 1.85. The molecule has 0 aliphatic carbocycles. The van der Waals surface area contributed by atoms with Crippen LogP contribution in [0.5, 0.6) is 17.2 Å². The average molecular weight is 288 g/mol. The summed E-state index contributed by atoms with van der Waals surface area (Å²) < 4.78 is 11.2. The average Bonchev–Trinajstić information content (AvgIpc) is 2.41. The molecule has 0 amide bonds. The Hall–Kier alpha value is -2.69. The molecule has 21 heavy (non-hydrogen) atoms. The maximum absolute atomic E-state index is 10.8. The molecule has 0 bridgehead atoms. The van der Waals surface area contributed by atoms with E-state index >= 15 is 0 Å². The molecular weight excluding hydrogens is 272 g/mol. The van der Waals surface area contributed by atoms with E-state index in [4.69, 9.17) is 14.6 Å². The summed E-state index contributed by atoms with van der Waals surface area (Å²) in [6.45, 7) is 3.64. The monoisotopic (exact) mass is 288 g/mol. The van der Waals surface area contributed by atoms with E-state index in [0.29, 0.717) is 11.5 Å². The molecule has 0 aromatic heterocycles. The fourth-order valence-corrected chi connectivity index (χ4v) is 1.85. The van der Waals surface area contributed by atoms with E-state index in [1.807, 2.05) is 31.2 Å². The molecule has 2 N–H and O–H groups in total. The highest BCUT2D eigenvalue weighted by Crippen LogP contribution is 2.25. The van der Waals surface area contributed by atoms with Crippen LogP contribution in [0.15, 0.2) is 42.5 Å². The molecule has 0 aliphatic rings. The van der Waals surface area contributed by atoms with Crippen molar-refractivity contribution in [3.63, 3.8) is 0 Å². The summed E-state index contributed by atoms with van der Waals surface area (Å²) in [5, 5.41) is 18.4. The molecule has 2 rings (SSSR count). The number of hydrogen-bond donors (Lipinski definition) is 2. The van der Waals surface area contributed by atoms with E-state index in [9.17, 15) is 9.90 Å². The van der Waals surface area contributed by atoms with E-state index in [0.717, 1.165) is 5.56 Å². The van der Waals surface area contributed by atoms with Crippen LogP contribution in [0, 0.1) is 6.92 Å². The van der Waals surface area contributed by atoms with Crippen LogP contribution in [0.1, 0.15) is 22.8 Å². The zero-order valence-electron chi connectivity index (χ0n) is 11.7. The predicted molar refractivity (Wildman–Crippen MR) is 77.0 cm³/mol. The number of aromatic hydroxyl groups is 1. The Kier molecular flexibility index (Phi) is 4.33. The van der Waals surface area contributed by atoms with E-state index in [2.05, 4.69) is 0 Å². The molecule has 0 heterocycles. The minimum atomic E-state index is -1.19. The summed E-state index contributed by atoms with van der Waals surface area (Å²) in [7, 11) is 0. The SMILES string of the molecule is Cc1ccccc1OC(C)Oc1ccc(C(=O)O)c(O)c1. The molecule has 1 unspecified atom stereocenters. The number of aromatic carboxylic acids is 1. The largest absolute Gasteiger partial charge is 0.507 e. The summed E-state index contributed by atoms with van der Waals surface area (Å²) in [5.74, 6) is -0.499. The van der Waals surface area contributed by atoms with Crippen LogP contribution >= 0.6 is 0 Å². The van der Waals surface area contributed by atoms with Gasteiger partial charge in [-0.2, -0.15) is 0 Å². The van der Waals surface area contributed by atoms with Crippen molar-refractivity contribution in [1.29, 1.82) is 0 Å². The second-order valence-electron chi connectivity index (χ2n) is 4.55. The number of para-hydroxylation sites is 1. The Balaban J connectivity index is 2.06. The first kappa shape index (κ1) is 14.7. The normalized spacial score (nSPS) is 11.7. The van der Waals surface area contributed by atoms with Crippen molar-refractivity contribution in [1.82, 2.24) is 0 Å². The third-order valence-corrected chi connectivity index (χ3v) is 2.89. The van der Waals surface area contributed by atoms with Gasteiger partial charge < -0.3 is 19.7 Å². The van der Waals surface area contributed by atoms with Crippen LogP contribution < -0.4 is 9.47 Å². The number of carbonyl (C=O) groups is 1. The number of carboxylic acids is 1. The van der Waals surface area contributed by atoms with Crippen LogP contribution in [0.4, 0.5) is 0 Å². The number of ether oxygens (including phenoxy) is 2. The van der Waals surface area contributed by atoms with Crippen LogP contribution in [0.3, 0.4) is 0 Å². The minimum Gasteiger partial charge on any atom is -0.507 e. The summed E-state index contributed by atoms with van der Waals surface area (Å²) in [5.41, 5.74) is 0.812. The maximum atomic E-state index is 10.8. The lowest BCUT2D eigenvalue weighted by atomic mass is 10.2. The second kappa shape index (κ2) is 6.17. The van der Waals surface area contributed by atoms with Crippen molar-refractivity contribution in [3.8, 4) is 17.2 Å². The number of hydrogen-bond acceptors (Lipinski definition) is 4. The van der Waals surface area contributed by atoms with Crippen LogP contribution in [-0.4, -0.2) is 22.5 Å². The molecule has 0 saturated heterocycles. The molecule has 0 aliphatic heterocycles. The van der Waals surface area contributed by atoms with Gasteiger partial charge in [-0.3, -0.25) is 0 Å². The molecule has 5 heteroatoms. The predicted octanol–water partition coefficient (Wildman–Crippen LogP) is 3.20. The van der Waals surface area contributed by atoms with E-state index < -0.39 is 12.3 Å². The van der Waals surface area contributed by atoms with Crippen molar-refractivity contribution in [2.45, 2.75) is 20.1 Å². The van der Waals surface area contributed by atoms with Crippen LogP contribution in [-0.2, 0) is 0 Å². The maximum Gasteiger partial charge on any atom is 0.339 e. The number of carboxylic acid groups (broad SMARTS) is 1. The van der Waals surface area contributed by atoms with Gasteiger partial charge in [0.15, 0.2) is 0 Å². The molecule has 2 aromatic rings. The van der Waals surface area contributed by atoms with Gasteiger partial charge in [0.05, 0.1) is 0 Å². The van der Waals surface area contributed by atoms with Gasteiger partial charge in [-0.05, 0) is 30.7 Å². The first-order valence-corrected chi connectivity index (χ1v) is 6.42. The van der Waals surface area contributed by atoms with Crippen molar-refractivity contribution < 1.29 is 24.5 Å². The minimum absolute atomic E-state index is 0.171. The van der Waals surface area contributed by atoms with Gasteiger partial charge in [0.25, 0.3) is 0 Å². The van der Waals surface area contributed by atoms with Crippen LogP contribution in [0.2, 0.25) is 0 Å². The standard InChI is InChI=1S/C16H16O5/c1-10-5-3-4-6-15(10)21-11(2)20-12-7-8-13(16(18)19)14(17)9-12/h3-9,11,17H,1-2H3,(H,18,19). The molecule has 2 aromatic carbocycles. The molecule has 0 radical (unpaired) electrons. The van der Waals surface area contributed by atoms with Gasteiger partial charge in [-0.1, -0.05) is 18.2 Å². The summed E-state index contributed by atoms with van der Waals surface area (Å²) in [4.78, 5) is 10.8. The zero-order valence-corrected chi connectivity index (χ0v) is 11.7. The Morgan fingerprint density at radius 1 is 1.14 bits per heavy atom. The fraction of sp³-hybridized carbons (Fsp3) is 0.188. The van der Waals surface area contributed by atoms with Crippen molar-refractivity contribution in [2.24, 2.45) is 0 Å². The van der Waals surface area contributed by atoms with Gasteiger partial charge in [0.1, 0.15) is 22.8 Å². The highest BCUT2D eigenvalue weighted by atomic mass is 16.7. The third-order valence-electron chi connectivity index (χ3n) is 2.89.